The van der Waals surface area contributed by atoms with E-state index >= 15 is 0 Å². The van der Waals surface area contributed by atoms with E-state index in [9.17, 15) is 0 Å². The summed E-state index contributed by atoms with van der Waals surface area (Å²) in [6, 6.07) is 5.75. The molecular weight excluding hydrogens is 294 g/mol. The SMILES string of the molecule is CNc1nc2cc(C#CC(=N)c3c(N)ncnc3N)ccc2o1. The Balaban J connectivity index is 1.93. The number of nitrogen functional groups attached to an aromatic ring is 2. The summed E-state index contributed by atoms with van der Waals surface area (Å²) in [5.41, 5.74) is 13.6. The smallest absolute Gasteiger partial charge is 0.295 e. The Kier molecular flexibility index (Phi) is 3.52. The Bertz CT molecular complexity index is 945. The minimum atomic E-state index is -0.0447. The monoisotopic (exact) mass is 307 g/mol. The van der Waals surface area contributed by atoms with Crippen LogP contribution in [-0.2, 0) is 0 Å². The minimum absolute atomic E-state index is 0.0447. The van der Waals surface area contributed by atoms with Gasteiger partial charge in [-0.05, 0) is 24.1 Å². The number of oxazole rings is 1. The van der Waals surface area contributed by atoms with Gasteiger partial charge in [0, 0.05) is 12.6 Å². The molecule has 0 aliphatic heterocycles. The van der Waals surface area contributed by atoms with Crippen LogP contribution in [0.1, 0.15) is 11.1 Å². The Labute approximate surface area is 131 Å². The summed E-state index contributed by atoms with van der Waals surface area (Å²) in [6.45, 7) is 0. The lowest BCUT2D eigenvalue weighted by Crippen LogP contribution is -2.09. The lowest BCUT2D eigenvalue weighted by molar-refractivity contribution is 0.620. The number of anilines is 3. The highest BCUT2D eigenvalue weighted by Gasteiger charge is 2.10. The average molecular weight is 307 g/mol. The zero-order chi connectivity index (χ0) is 16.4. The molecule has 3 rings (SSSR count). The fourth-order valence-corrected chi connectivity index (χ4v) is 1.98. The van der Waals surface area contributed by atoms with Gasteiger partial charge in [-0.2, -0.15) is 4.98 Å². The molecule has 2 heterocycles. The van der Waals surface area contributed by atoms with Crippen LogP contribution in [0.25, 0.3) is 11.1 Å². The highest BCUT2D eigenvalue weighted by Crippen LogP contribution is 2.19. The van der Waals surface area contributed by atoms with Gasteiger partial charge in [0.05, 0.1) is 5.56 Å². The topological polar surface area (TPSA) is 140 Å². The van der Waals surface area contributed by atoms with Crippen LogP contribution in [0.2, 0.25) is 0 Å². The number of hydrogen-bond donors (Lipinski definition) is 4. The molecule has 8 heteroatoms. The zero-order valence-corrected chi connectivity index (χ0v) is 12.2. The maximum absolute atomic E-state index is 8.00. The van der Waals surface area contributed by atoms with Crippen molar-refractivity contribution in [1.29, 1.82) is 5.41 Å². The number of hydrogen-bond acceptors (Lipinski definition) is 8. The van der Waals surface area contributed by atoms with Crippen molar-refractivity contribution in [2.75, 3.05) is 23.8 Å². The van der Waals surface area contributed by atoms with Crippen LogP contribution < -0.4 is 16.8 Å². The van der Waals surface area contributed by atoms with Crippen molar-refractivity contribution in [3.63, 3.8) is 0 Å². The van der Waals surface area contributed by atoms with Gasteiger partial charge in [-0.1, -0.05) is 5.92 Å². The van der Waals surface area contributed by atoms with Gasteiger partial charge in [0.25, 0.3) is 6.01 Å². The second-order valence-corrected chi connectivity index (χ2v) is 4.60. The molecule has 6 N–H and O–H groups in total. The van der Waals surface area contributed by atoms with E-state index < -0.39 is 0 Å². The summed E-state index contributed by atoms with van der Waals surface area (Å²) in [4.78, 5) is 11.9. The molecule has 0 unspecified atom stereocenters. The number of aromatic nitrogens is 3. The second kappa shape index (κ2) is 5.65. The van der Waals surface area contributed by atoms with Crippen molar-refractivity contribution < 1.29 is 4.42 Å². The van der Waals surface area contributed by atoms with Gasteiger partial charge in [0.1, 0.15) is 29.2 Å². The molecule has 1 aromatic carbocycles. The van der Waals surface area contributed by atoms with Gasteiger partial charge in [-0.3, -0.25) is 5.41 Å². The molecule has 0 atom stereocenters. The fraction of sp³-hybridized carbons (Fsp3) is 0.0667. The molecule has 0 bridgehead atoms. The molecule has 23 heavy (non-hydrogen) atoms. The second-order valence-electron chi connectivity index (χ2n) is 4.60. The number of nitrogens with zero attached hydrogens (tertiary/aromatic N) is 3. The summed E-state index contributed by atoms with van der Waals surface area (Å²) in [7, 11) is 1.73. The first-order valence-electron chi connectivity index (χ1n) is 6.63. The van der Waals surface area contributed by atoms with Crippen molar-refractivity contribution in [2.24, 2.45) is 0 Å². The Morgan fingerprint density at radius 3 is 2.70 bits per heavy atom. The van der Waals surface area contributed by atoms with E-state index in [0.29, 0.717) is 22.7 Å². The van der Waals surface area contributed by atoms with Crippen molar-refractivity contribution in [1.82, 2.24) is 15.0 Å². The molecule has 0 saturated heterocycles. The van der Waals surface area contributed by atoms with Crippen LogP contribution >= 0.6 is 0 Å². The van der Waals surface area contributed by atoms with E-state index in [4.69, 9.17) is 21.3 Å². The van der Waals surface area contributed by atoms with E-state index in [-0.39, 0.29) is 22.9 Å². The van der Waals surface area contributed by atoms with Crippen molar-refractivity contribution in [2.45, 2.75) is 0 Å². The van der Waals surface area contributed by atoms with Crippen LogP contribution in [-0.4, -0.2) is 27.7 Å². The minimum Gasteiger partial charge on any atom is -0.424 e. The predicted octanol–water partition coefficient (Wildman–Crippen LogP) is 1.24. The summed E-state index contributed by atoms with van der Waals surface area (Å²) in [6.07, 6.45) is 1.24. The highest BCUT2D eigenvalue weighted by molar-refractivity contribution is 6.16. The molecule has 0 aliphatic carbocycles. The first-order valence-corrected chi connectivity index (χ1v) is 6.63. The largest absolute Gasteiger partial charge is 0.424 e. The molecule has 0 amide bonds. The van der Waals surface area contributed by atoms with E-state index in [1.807, 2.05) is 0 Å². The van der Waals surface area contributed by atoms with Gasteiger partial charge in [-0.15, -0.1) is 0 Å². The standard InChI is InChI=1S/C15H13N7O/c1-19-15-22-10-6-8(3-5-11(10)23-15)2-4-9(16)12-13(17)20-7-21-14(12)18/h3,5-7,16H,1H3,(H,19,22)(H4,17,18,20,21). The molecule has 2 aromatic heterocycles. The predicted molar refractivity (Wildman–Crippen MR) is 88.1 cm³/mol. The van der Waals surface area contributed by atoms with Crippen LogP contribution in [0.15, 0.2) is 28.9 Å². The Morgan fingerprint density at radius 2 is 2.00 bits per heavy atom. The third-order valence-electron chi connectivity index (χ3n) is 3.09. The average Bonchev–Trinajstić information content (AvgIpc) is 2.95. The first-order chi connectivity index (χ1) is 11.1. The van der Waals surface area contributed by atoms with Gasteiger partial charge in [0.15, 0.2) is 5.58 Å². The van der Waals surface area contributed by atoms with Gasteiger partial charge >= 0.3 is 0 Å². The number of benzene rings is 1. The van der Waals surface area contributed by atoms with E-state index in [1.54, 1.807) is 25.2 Å². The van der Waals surface area contributed by atoms with Crippen molar-refractivity contribution >= 4 is 34.5 Å². The third-order valence-corrected chi connectivity index (χ3v) is 3.09. The highest BCUT2D eigenvalue weighted by atomic mass is 16.4. The molecule has 0 fully saturated rings. The van der Waals surface area contributed by atoms with Crippen LogP contribution in [0.5, 0.6) is 0 Å². The number of fused-ring (bicyclic) bond motifs is 1. The number of nitrogens with one attached hydrogen (secondary N) is 2. The summed E-state index contributed by atoms with van der Waals surface area (Å²) in [5.74, 6) is 5.83. The van der Waals surface area contributed by atoms with Crippen LogP contribution in [0, 0.1) is 17.3 Å². The molecule has 8 nitrogen and oxygen atoms in total. The molecule has 114 valence electrons. The molecule has 0 aliphatic rings. The van der Waals surface area contributed by atoms with E-state index in [0.717, 1.165) is 0 Å². The summed E-state index contributed by atoms with van der Waals surface area (Å²) in [5, 5.41) is 10.8. The summed E-state index contributed by atoms with van der Waals surface area (Å²) >= 11 is 0. The van der Waals surface area contributed by atoms with Gasteiger partial charge < -0.3 is 21.2 Å². The van der Waals surface area contributed by atoms with Crippen LogP contribution in [0.3, 0.4) is 0 Å². The normalized spacial score (nSPS) is 10.1. The number of rotatable bonds is 2. The fourth-order valence-electron chi connectivity index (χ4n) is 1.98. The maximum Gasteiger partial charge on any atom is 0.295 e. The number of nitrogens with two attached hydrogens (primary N) is 2. The molecule has 0 radical (unpaired) electrons. The summed E-state index contributed by atoms with van der Waals surface area (Å²) < 4.78 is 5.44. The molecule has 0 saturated carbocycles. The lowest BCUT2D eigenvalue weighted by Gasteiger charge is -2.03. The third kappa shape index (κ3) is 2.75. The van der Waals surface area contributed by atoms with E-state index in [2.05, 4.69) is 32.1 Å². The Hall–Kier alpha value is -3.60. The Morgan fingerprint density at radius 1 is 1.26 bits per heavy atom. The zero-order valence-electron chi connectivity index (χ0n) is 12.2. The lowest BCUT2D eigenvalue weighted by atomic mass is 10.1. The molecule has 3 aromatic rings. The van der Waals surface area contributed by atoms with Gasteiger partial charge in [0.2, 0.25) is 0 Å². The first kappa shape index (κ1) is 14.3. The maximum atomic E-state index is 8.00. The van der Waals surface area contributed by atoms with Crippen molar-refractivity contribution in [3.05, 3.63) is 35.7 Å². The van der Waals surface area contributed by atoms with E-state index in [1.165, 1.54) is 6.33 Å². The quantitative estimate of drug-likeness (QED) is 0.412. The van der Waals surface area contributed by atoms with Crippen LogP contribution in [0.4, 0.5) is 17.7 Å². The van der Waals surface area contributed by atoms with Crippen molar-refractivity contribution in [3.8, 4) is 11.8 Å². The molecular formula is C15H13N7O. The molecule has 0 spiro atoms. The van der Waals surface area contributed by atoms with Gasteiger partial charge in [-0.25, -0.2) is 9.97 Å².